The SMILES string of the molecule is Cc1cnc(NCC2(C)CCN(C)CC2)c([N+](=O)[O-])c1. The Labute approximate surface area is 119 Å². The minimum atomic E-state index is -0.376. The van der Waals surface area contributed by atoms with Crippen LogP contribution in [0.5, 0.6) is 0 Å². The molecule has 1 N–H and O–H groups in total. The molecule has 0 unspecified atom stereocenters. The largest absolute Gasteiger partial charge is 0.364 e. The summed E-state index contributed by atoms with van der Waals surface area (Å²) < 4.78 is 0. The van der Waals surface area contributed by atoms with Crippen LogP contribution in [-0.4, -0.2) is 41.5 Å². The number of anilines is 1. The third-order valence-electron chi connectivity index (χ3n) is 4.08. The van der Waals surface area contributed by atoms with Gasteiger partial charge in [0.15, 0.2) is 0 Å². The fourth-order valence-electron chi connectivity index (χ4n) is 2.46. The number of hydrogen-bond acceptors (Lipinski definition) is 5. The Balaban J connectivity index is 2.05. The normalized spacial score (nSPS) is 18.8. The first-order chi connectivity index (χ1) is 9.39. The molecule has 2 heterocycles. The summed E-state index contributed by atoms with van der Waals surface area (Å²) in [5.41, 5.74) is 1.03. The zero-order chi connectivity index (χ0) is 14.8. The molecule has 0 amide bonds. The first-order valence-corrected chi connectivity index (χ1v) is 6.93. The number of aryl methyl sites for hydroxylation is 1. The zero-order valence-electron chi connectivity index (χ0n) is 12.3. The van der Waals surface area contributed by atoms with Crippen LogP contribution in [0.25, 0.3) is 0 Å². The second kappa shape index (κ2) is 5.75. The molecule has 0 aromatic carbocycles. The first-order valence-electron chi connectivity index (χ1n) is 6.93. The van der Waals surface area contributed by atoms with Crippen molar-refractivity contribution in [1.29, 1.82) is 0 Å². The standard InChI is InChI=1S/C14H22N4O2/c1-11-8-12(18(19)20)13(15-9-11)16-10-14(2)4-6-17(3)7-5-14/h8-9H,4-7,10H2,1-3H3,(H,15,16). The van der Waals surface area contributed by atoms with Crippen LogP contribution in [0.4, 0.5) is 11.5 Å². The number of nitro groups is 1. The van der Waals surface area contributed by atoms with E-state index in [4.69, 9.17) is 0 Å². The Morgan fingerprint density at radius 3 is 2.75 bits per heavy atom. The molecule has 0 saturated carbocycles. The van der Waals surface area contributed by atoms with E-state index in [1.165, 1.54) is 0 Å². The molecule has 6 nitrogen and oxygen atoms in total. The maximum absolute atomic E-state index is 11.1. The summed E-state index contributed by atoms with van der Waals surface area (Å²) in [6, 6.07) is 1.56. The predicted molar refractivity (Wildman–Crippen MR) is 79.0 cm³/mol. The van der Waals surface area contributed by atoms with Gasteiger partial charge in [0.05, 0.1) is 4.92 Å². The summed E-state index contributed by atoms with van der Waals surface area (Å²) in [5.74, 6) is 0.376. The smallest absolute Gasteiger partial charge is 0.311 e. The van der Waals surface area contributed by atoms with E-state index in [2.05, 4.69) is 29.2 Å². The summed E-state index contributed by atoms with van der Waals surface area (Å²) in [4.78, 5) is 17.2. The number of hydrogen-bond donors (Lipinski definition) is 1. The second-order valence-electron chi connectivity index (χ2n) is 6.10. The van der Waals surface area contributed by atoms with E-state index in [9.17, 15) is 10.1 Å². The molecule has 1 aromatic rings. The minimum Gasteiger partial charge on any atom is -0.364 e. The molecule has 110 valence electrons. The number of rotatable bonds is 4. The van der Waals surface area contributed by atoms with E-state index in [-0.39, 0.29) is 16.0 Å². The monoisotopic (exact) mass is 278 g/mol. The highest BCUT2D eigenvalue weighted by atomic mass is 16.6. The van der Waals surface area contributed by atoms with Crippen LogP contribution in [0.2, 0.25) is 0 Å². The third kappa shape index (κ3) is 3.45. The lowest BCUT2D eigenvalue weighted by Gasteiger charge is -2.38. The van der Waals surface area contributed by atoms with E-state index in [0.29, 0.717) is 5.82 Å². The molecule has 1 fully saturated rings. The maximum atomic E-state index is 11.1. The van der Waals surface area contributed by atoms with E-state index in [1.807, 2.05) is 6.92 Å². The van der Waals surface area contributed by atoms with Crippen molar-refractivity contribution in [3.05, 3.63) is 27.9 Å². The lowest BCUT2D eigenvalue weighted by atomic mass is 9.80. The highest BCUT2D eigenvalue weighted by Crippen LogP contribution is 2.31. The zero-order valence-corrected chi connectivity index (χ0v) is 12.3. The third-order valence-corrected chi connectivity index (χ3v) is 4.08. The van der Waals surface area contributed by atoms with Gasteiger partial charge < -0.3 is 10.2 Å². The summed E-state index contributed by atoms with van der Waals surface area (Å²) in [6.07, 6.45) is 3.85. The van der Waals surface area contributed by atoms with Gasteiger partial charge in [0.25, 0.3) is 0 Å². The molecule has 20 heavy (non-hydrogen) atoms. The van der Waals surface area contributed by atoms with Gasteiger partial charge in [0, 0.05) is 18.8 Å². The Kier molecular flexibility index (Phi) is 4.23. The van der Waals surface area contributed by atoms with Crippen molar-refractivity contribution in [2.75, 3.05) is 32.0 Å². The molecule has 6 heteroatoms. The average Bonchev–Trinajstić information content (AvgIpc) is 2.41. The van der Waals surface area contributed by atoms with Crippen LogP contribution in [0.1, 0.15) is 25.3 Å². The first kappa shape index (κ1) is 14.7. The van der Waals surface area contributed by atoms with Crippen molar-refractivity contribution < 1.29 is 4.92 Å². The molecular weight excluding hydrogens is 256 g/mol. The molecule has 0 radical (unpaired) electrons. The Morgan fingerprint density at radius 1 is 1.50 bits per heavy atom. The molecule has 2 rings (SSSR count). The van der Waals surface area contributed by atoms with Crippen molar-refractivity contribution in [2.45, 2.75) is 26.7 Å². The Bertz CT molecular complexity index is 496. The van der Waals surface area contributed by atoms with Crippen LogP contribution in [0.15, 0.2) is 12.3 Å². The van der Waals surface area contributed by atoms with Crippen molar-refractivity contribution >= 4 is 11.5 Å². The molecular formula is C14H22N4O2. The van der Waals surface area contributed by atoms with E-state index in [0.717, 1.165) is 38.0 Å². The average molecular weight is 278 g/mol. The fourth-order valence-corrected chi connectivity index (χ4v) is 2.46. The highest BCUT2D eigenvalue weighted by molar-refractivity contribution is 5.56. The van der Waals surface area contributed by atoms with E-state index >= 15 is 0 Å². The van der Waals surface area contributed by atoms with Crippen LogP contribution in [0, 0.1) is 22.5 Å². The lowest BCUT2D eigenvalue weighted by molar-refractivity contribution is -0.384. The number of nitrogens with zero attached hydrogens (tertiary/aromatic N) is 3. The van der Waals surface area contributed by atoms with Gasteiger partial charge >= 0.3 is 5.69 Å². The molecule has 1 aliphatic rings. The van der Waals surface area contributed by atoms with Gasteiger partial charge in [-0.1, -0.05) is 6.92 Å². The molecule has 0 atom stereocenters. The summed E-state index contributed by atoms with van der Waals surface area (Å²) in [7, 11) is 2.12. The Morgan fingerprint density at radius 2 is 2.15 bits per heavy atom. The van der Waals surface area contributed by atoms with Gasteiger partial charge in [-0.15, -0.1) is 0 Å². The van der Waals surface area contributed by atoms with Crippen LogP contribution >= 0.6 is 0 Å². The van der Waals surface area contributed by atoms with Crippen molar-refractivity contribution in [2.24, 2.45) is 5.41 Å². The number of likely N-dealkylation sites (tertiary alicyclic amines) is 1. The van der Waals surface area contributed by atoms with Gasteiger partial charge in [-0.2, -0.15) is 0 Å². The van der Waals surface area contributed by atoms with Crippen LogP contribution in [-0.2, 0) is 0 Å². The molecule has 0 bridgehead atoms. The maximum Gasteiger partial charge on any atom is 0.311 e. The quantitative estimate of drug-likeness (QED) is 0.676. The summed E-state index contributed by atoms with van der Waals surface area (Å²) in [5, 5.41) is 14.2. The van der Waals surface area contributed by atoms with Crippen LogP contribution in [0.3, 0.4) is 0 Å². The van der Waals surface area contributed by atoms with Gasteiger partial charge in [0.2, 0.25) is 5.82 Å². The summed E-state index contributed by atoms with van der Waals surface area (Å²) >= 11 is 0. The Hall–Kier alpha value is -1.69. The van der Waals surface area contributed by atoms with Gasteiger partial charge in [0.1, 0.15) is 0 Å². The predicted octanol–water partition coefficient (Wildman–Crippen LogP) is 2.44. The number of pyridine rings is 1. The van der Waals surface area contributed by atoms with Crippen LogP contribution < -0.4 is 5.32 Å². The number of piperidine rings is 1. The highest BCUT2D eigenvalue weighted by Gasteiger charge is 2.29. The van der Waals surface area contributed by atoms with Gasteiger partial charge in [-0.3, -0.25) is 10.1 Å². The molecule has 0 spiro atoms. The van der Waals surface area contributed by atoms with Crippen molar-refractivity contribution in [3.8, 4) is 0 Å². The number of nitrogens with one attached hydrogen (secondary N) is 1. The van der Waals surface area contributed by atoms with E-state index < -0.39 is 0 Å². The summed E-state index contributed by atoms with van der Waals surface area (Å²) in [6.45, 7) is 6.90. The molecule has 0 aliphatic carbocycles. The van der Waals surface area contributed by atoms with E-state index in [1.54, 1.807) is 12.3 Å². The van der Waals surface area contributed by atoms with Crippen molar-refractivity contribution in [1.82, 2.24) is 9.88 Å². The molecule has 1 saturated heterocycles. The van der Waals surface area contributed by atoms with Gasteiger partial charge in [-0.25, -0.2) is 4.98 Å². The second-order valence-corrected chi connectivity index (χ2v) is 6.10. The van der Waals surface area contributed by atoms with Crippen molar-refractivity contribution in [3.63, 3.8) is 0 Å². The lowest BCUT2D eigenvalue weighted by Crippen LogP contribution is -2.40. The number of aromatic nitrogens is 1. The molecule has 1 aromatic heterocycles. The fraction of sp³-hybridized carbons (Fsp3) is 0.643. The minimum absolute atomic E-state index is 0.0570. The van der Waals surface area contributed by atoms with Gasteiger partial charge in [-0.05, 0) is 50.9 Å². The topological polar surface area (TPSA) is 71.3 Å². The molecule has 1 aliphatic heterocycles.